The highest BCUT2D eigenvalue weighted by atomic mass is 32.1. The molecule has 2 rings (SSSR count). The van der Waals surface area contributed by atoms with Crippen molar-refractivity contribution < 1.29 is 4.79 Å². The van der Waals surface area contributed by atoms with E-state index >= 15 is 0 Å². The second-order valence-electron chi connectivity index (χ2n) is 4.94. The Morgan fingerprint density at radius 2 is 2.05 bits per heavy atom. The van der Waals surface area contributed by atoms with Crippen LogP contribution in [0.2, 0.25) is 0 Å². The molecule has 0 saturated heterocycles. The van der Waals surface area contributed by atoms with Crippen molar-refractivity contribution in [2.45, 2.75) is 32.9 Å². The van der Waals surface area contributed by atoms with E-state index in [4.69, 9.17) is 5.73 Å². The molecule has 5 heteroatoms. The lowest BCUT2D eigenvalue weighted by atomic mass is 10.1. The molecule has 1 heterocycles. The number of benzene rings is 1. The van der Waals surface area contributed by atoms with Crippen molar-refractivity contribution in [1.29, 1.82) is 0 Å². The van der Waals surface area contributed by atoms with Crippen LogP contribution >= 0.6 is 11.3 Å². The van der Waals surface area contributed by atoms with Gasteiger partial charge in [-0.15, -0.1) is 11.3 Å². The SMILES string of the molecule is CCc1ccc(CNC(=O)Nc2cccc(C(C)N)c2)s1. The van der Waals surface area contributed by atoms with Gasteiger partial charge in [0.05, 0.1) is 6.54 Å². The normalized spacial score (nSPS) is 12.0. The van der Waals surface area contributed by atoms with Crippen LogP contribution in [0.4, 0.5) is 10.5 Å². The first-order valence-electron chi connectivity index (χ1n) is 7.06. The highest BCUT2D eigenvalue weighted by Gasteiger charge is 2.05. The standard InChI is InChI=1S/C16H21N3OS/c1-3-14-7-8-15(21-14)10-18-16(20)19-13-6-4-5-12(9-13)11(2)17/h4-9,11H,3,10,17H2,1-2H3,(H2,18,19,20). The number of thiophene rings is 1. The molecule has 0 aliphatic heterocycles. The summed E-state index contributed by atoms with van der Waals surface area (Å²) in [6.45, 7) is 4.59. The molecule has 0 aliphatic carbocycles. The van der Waals surface area contributed by atoms with Gasteiger partial charge in [-0.25, -0.2) is 4.79 Å². The summed E-state index contributed by atoms with van der Waals surface area (Å²) in [6.07, 6.45) is 1.03. The van der Waals surface area contributed by atoms with E-state index in [1.807, 2.05) is 31.2 Å². The monoisotopic (exact) mass is 303 g/mol. The van der Waals surface area contributed by atoms with Crippen LogP contribution in [-0.2, 0) is 13.0 Å². The fourth-order valence-corrected chi connectivity index (χ4v) is 2.85. The summed E-state index contributed by atoms with van der Waals surface area (Å²) in [4.78, 5) is 14.4. The number of nitrogens with two attached hydrogens (primary N) is 1. The number of urea groups is 1. The van der Waals surface area contributed by atoms with Gasteiger partial charge in [-0.3, -0.25) is 0 Å². The minimum atomic E-state index is -0.205. The van der Waals surface area contributed by atoms with Gasteiger partial charge >= 0.3 is 6.03 Å². The van der Waals surface area contributed by atoms with Gasteiger partial charge in [-0.05, 0) is 43.2 Å². The summed E-state index contributed by atoms with van der Waals surface area (Å²) in [5.74, 6) is 0. The molecule has 4 nitrogen and oxygen atoms in total. The van der Waals surface area contributed by atoms with Gasteiger partial charge in [-0.2, -0.15) is 0 Å². The van der Waals surface area contributed by atoms with Crippen molar-refractivity contribution in [1.82, 2.24) is 5.32 Å². The smallest absolute Gasteiger partial charge is 0.319 e. The maximum absolute atomic E-state index is 11.9. The summed E-state index contributed by atoms with van der Waals surface area (Å²) in [6, 6.07) is 11.5. The molecular weight excluding hydrogens is 282 g/mol. The van der Waals surface area contributed by atoms with Crippen molar-refractivity contribution >= 4 is 23.1 Å². The summed E-state index contributed by atoms with van der Waals surface area (Å²) < 4.78 is 0. The number of hydrogen-bond donors (Lipinski definition) is 3. The van der Waals surface area contributed by atoms with E-state index in [9.17, 15) is 4.79 Å². The molecule has 21 heavy (non-hydrogen) atoms. The molecule has 2 aromatic rings. The van der Waals surface area contributed by atoms with E-state index in [1.54, 1.807) is 11.3 Å². The first-order chi connectivity index (χ1) is 10.1. The lowest BCUT2D eigenvalue weighted by Gasteiger charge is -2.10. The lowest BCUT2D eigenvalue weighted by molar-refractivity contribution is 0.252. The van der Waals surface area contributed by atoms with Gasteiger partial charge in [0.1, 0.15) is 0 Å². The number of amides is 2. The van der Waals surface area contributed by atoms with Crippen molar-refractivity contribution in [3.8, 4) is 0 Å². The Labute approximate surface area is 129 Å². The highest BCUT2D eigenvalue weighted by Crippen LogP contribution is 2.17. The van der Waals surface area contributed by atoms with Crippen LogP contribution in [0, 0.1) is 0 Å². The maximum Gasteiger partial charge on any atom is 0.319 e. The van der Waals surface area contributed by atoms with E-state index in [-0.39, 0.29) is 12.1 Å². The number of rotatable bonds is 5. The Morgan fingerprint density at radius 3 is 2.71 bits per heavy atom. The molecule has 0 aliphatic rings. The van der Waals surface area contributed by atoms with Crippen molar-refractivity contribution in [2.24, 2.45) is 5.73 Å². The van der Waals surface area contributed by atoms with E-state index in [0.29, 0.717) is 6.54 Å². The minimum Gasteiger partial charge on any atom is -0.333 e. The van der Waals surface area contributed by atoms with Crippen LogP contribution in [0.1, 0.15) is 35.2 Å². The molecule has 112 valence electrons. The fourth-order valence-electron chi connectivity index (χ4n) is 1.95. The van der Waals surface area contributed by atoms with Gasteiger partial charge < -0.3 is 16.4 Å². The third kappa shape index (κ3) is 4.58. The molecule has 1 aromatic heterocycles. The number of hydrogen-bond acceptors (Lipinski definition) is 3. The van der Waals surface area contributed by atoms with Gasteiger partial charge in [0.2, 0.25) is 0 Å². The summed E-state index contributed by atoms with van der Waals surface area (Å²) >= 11 is 1.73. The minimum absolute atomic E-state index is 0.0478. The number of aryl methyl sites for hydroxylation is 1. The molecule has 0 fully saturated rings. The number of carbonyl (C=O) groups is 1. The first-order valence-corrected chi connectivity index (χ1v) is 7.88. The Morgan fingerprint density at radius 1 is 1.29 bits per heavy atom. The van der Waals surface area contributed by atoms with Crippen LogP contribution in [0.25, 0.3) is 0 Å². The lowest BCUT2D eigenvalue weighted by Crippen LogP contribution is -2.27. The molecule has 0 saturated carbocycles. The van der Waals surface area contributed by atoms with Gasteiger partial charge in [0, 0.05) is 21.5 Å². The van der Waals surface area contributed by atoms with Crippen molar-refractivity contribution in [3.63, 3.8) is 0 Å². The van der Waals surface area contributed by atoms with E-state index in [1.165, 1.54) is 4.88 Å². The average Bonchev–Trinajstić information content (AvgIpc) is 2.93. The predicted molar refractivity (Wildman–Crippen MR) is 88.6 cm³/mol. The third-order valence-electron chi connectivity index (χ3n) is 3.16. The van der Waals surface area contributed by atoms with E-state index in [0.717, 1.165) is 22.5 Å². The molecule has 1 unspecified atom stereocenters. The number of carbonyl (C=O) groups excluding carboxylic acids is 1. The Kier molecular flexibility index (Phi) is 5.36. The van der Waals surface area contributed by atoms with Crippen LogP contribution in [0.5, 0.6) is 0 Å². The zero-order chi connectivity index (χ0) is 15.2. The molecule has 0 spiro atoms. The summed E-state index contributed by atoms with van der Waals surface area (Å²) in [5.41, 5.74) is 7.59. The number of nitrogens with one attached hydrogen (secondary N) is 2. The third-order valence-corrected chi connectivity index (χ3v) is 4.39. The molecule has 1 aromatic carbocycles. The van der Waals surface area contributed by atoms with E-state index < -0.39 is 0 Å². The zero-order valence-electron chi connectivity index (χ0n) is 12.3. The van der Waals surface area contributed by atoms with Crippen LogP contribution in [0.3, 0.4) is 0 Å². The predicted octanol–water partition coefficient (Wildman–Crippen LogP) is 3.65. The topological polar surface area (TPSA) is 67.2 Å². The maximum atomic E-state index is 11.9. The van der Waals surface area contributed by atoms with Crippen LogP contribution in [-0.4, -0.2) is 6.03 Å². The fraction of sp³-hybridized carbons (Fsp3) is 0.312. The van der Waals surface area contributed by atoms with Gasteiger partial charge in [0.15, 0.2) is 0 Å². The van der Waals surface area contributed by atoms with Crippen LogP contribution < -0.4 is 16.4 Å². The molecule has 2 amide bonds. The molecule has 1 atom stereocenters. The molecule has 4 N–H and O–H groups in total. The molecule has 0 radical (unpaired) electrons. The summed E-state index contributed by atoms with van der Waals surface area (Å²) in [5, 5.41) is 5.69. The Balaban J connectivity index is 1.88. The van der Waals surface area contributed by atoms with Crippen molar-refractivity contribution in [3.05, 3.63) is 51.7 Å². The highest BCUT2D eigenvalue weighted by molar-refractivity contribution is 7.11. The Hall–Kier alpha value is -1.85. The van der Waals surface area contributed by atoms with Crippen molar-refractivity contribution in [2.75, 3.05) is 5.32 Å². The second-order valence-corrected chi connectivity index (χ2v) is 6.20. The largest absolute Gasteiger partial charge is 0.333 e. The van der Waals surface area contributed by atoms with Crippen LogP contribution in [0.15, 0.2) is 36.4 Å². The van der Waals surface area contributed by atoms with Gasteiger partial charge in [-0.1, -0.05) is 19.1 Å². The Bertz CT molecular complexity index is 607. The van der Waals surface area contributed by atoms with E-state index in [2.05, 4.69) is 29.7 Å². The second kappa shape index (κ2) is 7.24. The zero-order valence-corrected chi connectivity index (χ0v) is 13.2. The molecular formula is C16H21N3OS. The summed E-state index contributed by atoms with van der Waals surface area (Å²) in [7, 11) is 0. The first kappa shape index (κ1) is 15.5. The molecule has 0 bridgehead atoms. The quantitative estimate of drug-likeness (QED) is 0.789. The average molecular weight is 303 g/mol. The van der Waals surface area contributed by atoms with Gasteiger partial charge in [0.25, 0.3) is 0 Å². The number of anilines is 1.